The molecular weight excluding hydrogens is 244 g/mol. The first-order chi connectivity index (χ1) is 9.24. The molecule has 0 aromatic carbocycles. The Morgan fingerprint density at radius 3 is 2.63 bits per heavy atom. The first-order valence-electron chi connectivity index (χ1n) is 6.06. The second-order valence-corrected chi connectivity index (χ2v) is 4.11. The number of ether oxygens (including phenoxy) is 2. The zero-order valence-electron chi connectivity index (χ0n) is 11.4. The molecule has 0 bridgehead atoms. The van der Waals surface area contributed by atoms with Gasteiger partial charge in [0.15, 0.2) is 11.5 Å². The summed E-state index contributed by atoms with van der Waals surface area (Å²) in [7, 11) is 3.22. The van der Waals surface area contributed by atoms with Crippen LogP contribution in [-0.4, -0.2) is 19.2 Å². The second kappa shape index (κ2) is 6.24. The SMILES string of the molecule is COc1ccnc(CNCc2ccc(C)o2)c1OC. The number of nitrogens with one attached hydrogen (secondary N) is 1. The van der Waals surface area contributed by atoms with Gasteiger partial charge in [0, 0.05) is 18.8 Å². The first-order valence-corrected chi connectivity index (χ1v) is 6.06. The van der Waals surface area contributed by atoms with Gasteiger partial charge in [-0.05, 0) is 19.1 Å². The predicted octanol–water partition coefficient (Wildman–Crippen LogP) is 2.29. The van der Waals surface area contributed by atoms with E-state index in [0.717, 1.165) is 17.2 Å². The third kappa shape index (κ3) is 3.26. The van der Waals surface area contributed by atoms with E-state index in [-0.39, 0.29) is 0 Å². The molecule has 0 aliphatic heterocycles. The van der Waals surface area contributed by atoms with Crippen LogP contribution in [0.3, 0.4) is 0 Å². The van der Waals surface area contributed by atoms with E-state index in [1.807, 2.05) is 19.1 Å². The molecule has 0 amide bonds. The molecule has 2 rings (SSSR count). The molecular formula is C14H18N2O3. The second-order valence-electron chi connectivity index (χ2n) is 4.11. The highest BCUT2D eigenvalue weighted by molar-refractivity contribution is 5.42. The smallest absolute Gasteiger partial charge is 0.183 e. The minimum absolute atomic E-state index is 0.583. The van der Waals surface area contributed by atoms with Gasteiger partial charge in [0.2, 0.25) is 0 Å². The molecule has 2 aromatic rings. The molecule has 2 heterocycles. The molecule has 0 spiro atoms. The van der Waals surface area contributed by atoms with Crippen LogP contribution in [0.2, 0.25) is 0 Å². The number of aromatic nitrogens is 1. The van der Waals surface area contributed by atoms with Crippen molar-refractivity contribution in [2.45, 2.75) is 20.0 Å². The van der Waals surface area contributed by atoms with Crippen LogP contribution in [0, 0.1) is 6.92 Å². The highest BCUT2D eigenvalue weighted by atomic mass is 16.5. The maximum absolute atomic E-state index is 5.48. The number of nitrogens with zero attached hydrogens (tertiary/aromatic N) is 1. The number of hydrogen-bond acceptors (Lipinski definition) is 5. The fourth-order valence-corrected chi connectivity index (χ4v) is 1.86. The van der Waals surface area contributed by atoms with E-state index in [9.17, 15) is 0 Å². The number of methoxy groups -OCH3 is 2. The van der Waals surface area contributed by atoms with Crippen molar-refractivity contribution in [3.8, 4) is 11.5 Å². The zero-order chi connectivity index (χ0) is 13.7. The lowest BCUT2D eigenvalue weighted by Gasteiger charge is -2.11. The largest absolute Gasteiger partial charge is 0.493 e. The quantitative estimate of drug-likeness (QED) is 0.865. The number of pyridine rings is 1. The molecule has 0 saturated carbocycles. The Balaban J connectivity index is 1.99. The van der Waals surface area contributed by atoms with Gasteiger partial charge in [-0.15, -0.1) is 0 Å². The third-order valence-corrected chi connectivity index (χ3v) is 2.75. The lowest BCUT2D eigenvalue weighted by Crippen LogP contribution is -2.14. The summed E-state index contributed by atoms with van der Waals surface area (Å²) in [5.74, 6) is 3.16. The first kappa shape index (κ1) is 13.4. The molecule has 0 aliphatic rings. The summed E-state index contributed by atoms with van der Waals surface area (Å²) in [6.07, 6.45) is 1.70. The van der Waals surface area contributed by atoms with E-state index < -0.39 is 0 Å². The molecule has 0 atom stereocenters. The summed E-state index contributed by atoms with van der Waals surface area (Å²) in [6.45, 7) is 3.16. The van der Waals surface area contributed by atoms with Gasteiger partial charge in [-0.25, -0.2) is 0 Å². The van der Waals surface area contributed by atoms with Gasteiger partial charge in [0.05, 0.1) is 26.5 Å². The van der Waals surface area contributed by atoms with E-state index in [1.54, 1.807) is 26.5 Å². The minimum atomic E-state index is 0.583. The highest BCUT2D eigenvalue weighted by Crippen LogP contribution is 2.28. The van der Waals surface area contributed by atoms with E-state index >= 15 is 0 Å². The average molecular weight is 262 g/mol. The molecule has 1 N–H and O–H groups in total. The predicted molar refractivity (Wildman–Crippen MR) is 71.3 cm³/mol. The molecule has 19 heavy (non-hydrogen) atoms. The van der Waals surface area contributed by atoms with Crippen molar-refractivity contribution in [1.29, 1.82) is 0 Å². The number of hydrogen-bond donors (Lipinski definition) is 1. The summed E-state index contributed by atoms with van der Waals surface area (Å²) in [5, 5.41) is 3.27. The lowest BCUT2D eigenvalue weighted by molar-refractivity contribution is 0.347. The van der Waals surface area contributed by atoms with Gasteiger partial charge in [0.25, 0.3) is 0 Å². The topological polar surface area (TPSA) is 56.5 Å². The van der Waals surface area contributed by atoms with Crippen molar-refractivity contribution >= 4 is 0 Å². The van der Waals surface area contributed by atoms with Gasteiger partial charge >= 0.3 is 0 Å². The van der Waals surface area contributed by atoms with Crippen LogP contribution in [0.1, 0.15) is 17.2 Å². The van der Waals surface area contributed by atoms with Crippen molar-refractivity contribution in [2.24, 2.45) is 0 Å². The molecule has 5 nitrogen and oxygen atoms in total. The van der Waals surface area contributed by atoms with Crippen molar-refractivity contribution in [3.63, 3.8) is 0 Å². The maximum atomic E-state index is 5.48. The number of aryl methyl sites for hydroxylation is 1. The van der Waals surface area contributed by atoms with Crippen LogP contribution in [0.5, 0.6) is 11.5 Å². The van der Waals surface area contributed by atoms with Crippen LogP contribution in [0.25, 0.3) is 0 Å². The van der Waals surface area contributed by atoms with Crippen LogP contribution < -0.4 is 14.8 Å². The zero-order valence-corrected chi connectivity index (χ0v) is 11.4. The van der Waals surface area contributed by atoms with Crippen LogP contribution in [-0.2, 0) is 13.1 Å². The Kier molecular flexibility index (Phi) is 4.41. The summed E-state index contributed by atoms with van der Waals surface area (Å²) in [4.78, 5) is 4.30. The molecule has 2 aromatic heterocycles. The standard InChI is InChI=1S/C14H18N2O3/c1-10-4-5-11(19-10)8-15-9-12-14(18-3)13(17-2)6-7-16-12/h4-7,15H,8-9H2,1-3H3. The van der Waals surface area contributed by atoms with Crippen LogP contribution in [0.4, 0.5) is 0 Å². The Labute approximate surface area is 112 Å². The minimum Gasteiger partial charge on any atom is -0.493 e. The van der Waals surface area contributed by atoms with Crippen molar-refractivity contribution < 1.29 is 13.9 Å². The molecule has 5 heteroatoms. The monoisotopic (exact) mass is 262 g/mol. The van der Waals surface area contributed by atoms with Gasteiger partial charge in [-0.2, -0.15) is 0 Å². The Bertz CT molecular complexity index is 537. The Hall–Kier alpha value is -2.01. The maximum Gasteiger partial charge on any atom is 0.183 e. The molecule has 0 radical (unpaired) electrons. The van der Waals surface area contributed by atoms with Crippen molar-refractivity contribution in [3.05, 3.63) is 41.6 Å². The number of rotatable bonds is 6. The fourth-order valence-electron chi connectivity index (χ4n) is 1.86. The fraction of sp³-hybridized carbons (Fsp3) is 0.357. The molecule has 0 unspecified atom stereocenters. The summed E-state index contributed by atoms with van der Waals surface area (Å²) >= 11 is 0. The van der Waals surface area contributed by atoms with E-state index in [1.165, 1.54) is 0 Å². The van der Waals surface area contributed by atoms with E-state index in [2.05, 4.69) is 10.3 Å². The molecule has 0 aliphatic carbocycles. The molecule has 102 valence electrons. The van der Waals surface area contributed by atoms with Crippen molar-refractivity contribution in [1.82, 2.24) is 10.3 Å². The van der Waals surface area contributed by atoms with Crippen LogP contribution in [0.15, 0.2) is 28.8 Å². The lowest BCUT2D eigenvalue weighted by atomic mass is 10.3. The molecule has 0 saturated heterocycles. The van der Waals surface area contributed by atoms with E-state index in [4.69, 9.17) is 13.9 Å². The normalized spacial score (nSPS) is 10.5. The third-order valence-electron chi connectivity index (χ3n) is 2.75. The summed E-state index contributed by atoms with van der Waals surface area (Å²) in [5.41, 5.74) is 0.810. The van der Waals surface area contributed by atoms with Gasteiger partial charge < -0.3 is 19.2 Å². The van der Waals surface area contributed by atoms with E-state index in [0.29, 0.717) is 24.6 Å². The van der Waals surface area contributed by atoms with Gasteiger partial charge in [0.1, 0.15) is 11.5 Å². The molecule has 0 fully saturated rings. The van der Waals surface area contributed by atoms with Crippen molar-refractivity contribution in [2.75, 3.05) is 14.2 Å². The number of furan rings is 1. The highest BCUT2D eigenvalue weighted by Gasteiger charge is 2.10. The van der Waals surface area contributed by atoms with Gasteiger partial charge in [-0.1, -0.05) is 0 Å². The Morgan fingerprint density at radius 2 is 2.00 bits per heavy atom. The van der Waals surface area contributed by atoms with Crippen LogP contribution >= 0.6 is 0 Å². The Morgan fingerprint density at radius 1 is 1.16 bits per heavy atom. The summed E-state index contributed by atoms with van der Waals surface area (Å²) in [6, 6.07) is 5.68. The van der Waals surface area contributed by atoms with Gasteiger partial charge in [-0.3, -0.25) is 4.98 Å². The average Bonchev–Trinajstić information content (AvgIpc) is 2.84. The summed E-state index contributed by atoms with van der Waals surface area (Å²) < 4.78 is 16.0.